The Morgan fingerprint density at radius 2 is 1.86 bits per heavy atom. The lowest BCUT2D eigenvalue weighted by molar-refractivity contribution is 0.0517. The predicted octanol–water partition coefficient (Wildman–Crippen LogP) is 3.01. The van der Waals surface area contributed by atoms with E-state index in [0.29, 0.717) is 12.5 Å². The molecule has 2 rings (SSSR count). The average molecular weight is 305 g/mol. The maximum atomic E-state index is 11.7. The van der Waals surface area contributed by atoms with Gasteiger partial charge >= 0.3 is 6.09 Å². The largest absolute Gasteiger partial charge is 0.444 e. The van der Waals surface area contributed by atoms with Crippen molar-refractivity contribution >= 4 is 17.5 Å². The molecule has 122 valence electrons. The number of anilines is 2. The van der Waals surface area contributed by atoms with Crippen LogP contribution in [-0.2, 0) is 4.74 Å². The molecule has 1 saturated heterocycles. The van der Waals surface area contributed by atoms with Crippen LogP contribution in [0.1, 0.15) is 33.6 Å². The fraction of sp³-hybridized carbons (Fsp3) is 0.588. The molecule has 0 unspecified atom stereocenters. The smallest absolute Gasteiger partial charge is 0.407 e. The maximum Gasteiger partial charge on any atom is 0.407 e. The van der Waals surface area contributed by atoms with Crippen LogP contribution in [0.25, 0.3) is 0 Å². The lowest BCUT2D eigenvalue weighted by Gasteiger charge is -2.33. The molecule has 1 aliphatic rings. The van der Waals surface area contributed by atoms with Crippen LogP contribution in [0.5, 0.6) is 0 Å². The summed E-state index contributed by atoms with van der Waals surface area (Å²) in [6, 6.07) is 8.00. The number of alkyl carbamates (subject to hydrolysis) is 1. The summed E-state index contributed by atoms with van der Waals surface area (Å²) in [4.78, 5) is 14.0. The highest BCUT2D eigenvalue weighted by atomic mass is 16.6. The first-order valence-corrected chi connectivity index (χ1v) is 7.91. The highest BCUT2D eigenvalue weighted by molar-refractivity contribution is 5.67. The number of rotatable bonds is 3. The van der Waals surface area contributed by atoms with Gasteiger partial charge in [-0.1, -0.05) is 0 Å². The van der Waals surface area contributed by atoms with Gasteiger partial charge in [-0.05, 0) is 63.8 Å². The third-order valence-electron chi connectivity index (χ3n) is 3.81. The summed E-state index contributed by atoms with van der Waals surface area (Å²) in [5, 5.41) is 2.87. The number of nitrogens with two attached hydrogens (primary N) is 1. The van der Waals surface area contributed by atoms with Crippen molar-refractivity contribution in [1.82, 2.24) is 5.32 Å². The van der Waals surface area contributed by atoms with Crippen molar-refractivity contribution in [2.45, 2.75) is 39.2 Å². The number of carbonyl (C=O) groups is 1. The number of piperidine rings is 1. The summed E-state index contributed by atoms with van der Waals surface area (Å²) < 4.78 is 5.26. The zero-order chi connectivity index (χ0) is 16.2. The molecule has 1 aliphatic heterocycles. The van der Waals surface area contributed by atoms with E-state index in [-0.39, 0.29) is 6.09 Å². The molecule has 3 N–H and O–H groups in total. The number of nitrogen functional groups attached to an aromatic ring is 1. The first-order valence-electron chi connectivity index (χ1n) is 7.91. The lowest BCUT2D eigenvalue weighted by atomic mass is 9.96. The Labute approximate surface area is 132 Å². The summed E-state index contributed by atoms with van der Waals surface area (Å²) in [6.45, 7) is 8.31. The molecule has 0 aromatic heterocycles. The van der Waals surface area contributed by atoms with Gasteiger partial charge in [-0.2, -0.15) is 0 Å². The van der Waals surface area contributed by atoms with Gasteiger partial charge in [-0.3, -0.25) is 0 Å². The number of ether oxygens (including phenoxy) is 1. The minimum absolute atomic E-state index is 0.325. The fourth-order valence-electron chi connectivity index (χ4n) is 2.62. The summed E-state index contributed by atoms with van der Waals surface area (Å²) in [5.74, 6) is 0.512. The molecule has 1 aromatic rings. The van der Waals surface area contributed by atoms with E-state index in [1.807, 2.05) is 32.9 Å². The van der Waals surface area contributed by atoms with E-state index in [9.17, 15) is 4.79 Å². The van der Waals surface area contributed by atoms with Crippen LogP contribution in [0.2, 0.25) is 0 Å². The van der Waals surface area contributed by atoms with Crippen molar-refractivity contribution in [1.29, 1.82) is 0 Å². The second kappa shape index (κ2) is 6.90. The minimum Gasteiger partial charge on any atom is -0.444 e. The Morgan fingerprint density at radius 3 is 2.41 bits per heavy atom. The van der Waals surface area contributed by atoms with Gasteiger partial charge in [-0.15, -0.1) is 0 Å². The van der Waals surface area contributed by atoms with Crippen LogP contribution in [0.3, 0.4) is 0 Å². The molecule has 1 fully saturated rings. The quantitative estimate of drug-likeness (QED) is 0.842. The molecular formula is C17H27N3O2. The Balaban J connectivity index is 1.73. The topological polar surface area (TPSA) is 67.6 Å². The molecule has 5 nitrogen and oxygen atoms in total. The number of hydrogen-bond acceptors (Lipinski definition) is 4. The molecule has 1 heterocycles. The molecule has 0 spiro atoms. The molecule has 22 heavy (non-hydrogen) atoms. The van der Waals surface area contributed by atoms with Gasteiger partial charge < -0.3 is 20.7 Å². The normalized spacial score (nSPS) is 16.4. The number of nitrogens with zero attached hydrogens (tertiary/aromatic N) is 1. The molecule has 0 radical (unpaired) electrons. The standard InChI is InChI=1S/C17H27N3O2/c1-17(2,3)22-16(21)19-12-13-8-10-20(11-9-13)15-6-4-14(18)5-7-15/h4-7,13H,8-12,18H2,1-3H3,(H,19,21). The van der Waals surface area contributed by atoms with Crippen LogP contribution in [0, 0.1) is 5.92 Å². The van der Waals surface area contributed by atoms with Crippen molar-refractivity contribution < 1.29 is 9.53 Å². The van der Waals surface area contributed by atoms with Gasteiger partial charge in [0.1, 0.15) is 5.60 Å². The number of nitrogens with one attached hydrogen (secondary N) is 1. The minimum atomic E-state index is -0.442. The molecule has 5 heteroatoms. The Bertz CT molecular complexity index is 486. The molecule has 1 amide bonds. The third-order valence-corrected chi connectivity index (χ3v) is 3.81. The maximum absolute atomic E-state index is 11.7. The van der Waals surface area contributed by atoms with Crippen LogP contribution in [0.15, 0.2) is 24.3 Å². The highest BCUT2D eigenvalue weighted by Gasteiger charge is 2.21. The van der Waals surface area contributed by atoms with E-state index in [1.54, 1.807) is 0 Å². The van der Waals surface area contributed by atoms with Gasteiger partial charge in [0.2, 0.25) is 0 Å². The zero-order valence-electron chi connectivity index (χ0n) is 13.8. The number of benzene rings is 1. The Morgan fingerprint density at radius 1 is 1.27 bits per heavy atom. The van der Waals surface area contributed by atoms with Crippen molar-refractivity contribution in [3.63, 3.8) is 0 Å². The molecule has 1 aromatic carbocycles. The van der Waals surface area contributed by atoms with Gasteiger partial charge in [-0.25, -0.2) is 4.79 Å². The lowest BCUT2D eigenvalue weighted by Crippen LogP contribution is -2.40. The summed E-state index contributed by atoms with van der Waals surface area (Å²) in [5.41, 5.74) is 7.28. The number of carbonyl (C=O) groups excluding carboxylic acids is 1. The van der Waals surface area contributed by atoms with E-state index in [2.05, 4.69) is 22.3 Å². The molecular weight excluding hydrogens is 278 g/mol. The predicted molar refractivity (Wildman–Crippen MR) is 90.0 cm³/mol. The van der Waals surface area contributed by atoms with Crippen molar-refractivity contribution in [3.05, 3.63) is 24.3 Å². The SMILES string of the molecule is CC(C)(C)OC(=O)NCC1CCN(c2ccc(N)cc2)CC1. The summed E-state index contributed by atoms with van der Waals surface area (Å²) in [7, 11) is 0. The third kappa shape index (κ3) is 5.13. The van der Waals surface area contributed by atoms with Crippen molar-refractivity contribution in [2.24, 2.45) is 5.92 Å². The van der Waals surface area contributed by atoms with Crippen molar-refractivity contribution in [2.75, 3.05) is 30.3 Å². The first-order chi connectivity index (χ1) is 10.3. The van der Waals surface area contributed by atoms with Crippen LogP contribution < -0.4 is 16.0 Å². The van der Waals surface area contributed by atoms with E-state index in [4.69, 9.17) is 10.5 Å². The van der Waals surface area contributed by atoms with E-state index in [0.717, 1.165) is 31.6 Å². The van der Waals surface area contributed by atoms with E-state index >= 15 is 0 Å². The van der Waals surface area contributed by atoms with Crippen LogP contribution >= 0.6 is 0 Å². The summed E-state index contributed by atoms with van der Waals surface area (Å²) in [6.07, 6.45) is 1.81. The van der Waals surface area contributed by atoms with Gasteiger partial charge in [0.25, 0.3) is 0 Å². The molecule has 0 bridgehead atoms. The van der Waals surface area contributed by atoms with Crippen molar-refractivity contribution in [3.8, 4) is 0 Å². The highest BCUT2D eigenvalue weighted by Crippen LogP contribution is 2.23. The number of hydrogen-bond donors (Lipinski definition) is 2. The average Bonchev–Trinajstić information content (AvgIpc) is 2.45. The zero-order valence-corrected chi connectivity index (χ0v) is 13.8. The van der Waals surface area contributed by atoms with Gasteiger partial charge in [0.05, 0.1) is 0 Å². The molecule has 0 aliphatic carbocycles. The van der Waals surface area contributed by atoms with E-state index in [1.165, 1.54) is 5.69 Å². The summed E-state index contributed by atoms with van der Waals surface area (Å²) >= 11 is 0. The second-order valence-corrected chi connectivity index (χ2v) is 6.90. The van der Waals surface area contributed by atoms with Gasteiger partial charge in [0, 0.05) is 31.0 Å². The Hall–Kier alpha value is -1.91. The number of amides is 1. The first kappa shape index (κ1) is 16.5. The van der Waals surface area contributed by atoms with Crippen LogP contribution in [-0.4, -0.2) is 31.3 Å². The van der Waals surface area contributed by atoms with Gasteiger partial charge in [0.15, 0.2) is 0 Å². The van der Waals surface area contributed by atoms with Crippen LogP contribution in [0.4, 0.5) is 16.2 Å². The Kier molecular flexibility index (Phi) is 5.16. The molecule has 0 atom stereocenters. The van der Waals surface area contributed by atoms with E-state index < -0.39 is 5.60 Å². The second-order valence-electron chi connectivity index (χ2n) is 6.90. The molecule has 0 saturated carbocycles. The fourth-order valence-corrected chi connectivity index (χ4v) is 2.62. The monoisotopic (exact) mass is 305 g/mol.